The number of nitrogens with one attached hydrogen (secondary N) is 2. The lowest BCUT2D eigenvalue weighted by Crippen LogP contribution is -2.39. The van der Waals surface area contributed by atoms with Gasteiger partial charge in [0.1, 0.15) is 23.1 Å². The highest BCUT2D eigenvalue weighted by Gasteiger charge is 2.14. The Morgan fingerprint density at radius 3 is 2.82 bits per heavy atom. The molecule has 0 bridgehead atoms. The van der Waals surface area contributed by atoms with Gasteiger partial charge in [-0.3, -0.25) is 9.69 Å². The van der Waals surface area contributed by atoms with Gasteiger partial charge in [0.2, 0.25) is 0 Å². The maximum Gasteiger partial charge on any atom is 0.274 e. The maximum atomic E-state index is 12.7. The molecule has 1 aromatic heterocycles. The zero-order chi connectivity index (χ0) is 19.8. The Balaban J connectivity index is 1.62. The normalized spacial score (nSPS) is 14.5. The molecule has 1 aliphatic rings. The van der Waals surface area contributed by atoms with Crippen molar-refractivity contribution in [3.05, 3.63) is 41.9 Å². The molecule has 1 aliphatic heterocycles. The summed E-state index contributed by atoms with van der Waals surface area (Å²) in [5, 5.41) is 6.16. The van der Waals surface area contributed by atoms with Crippen molar-refractivity contribution >= 4 is 17.4 Å². The van der Waals surface area contributed by atoms with Crippen molar-refractivity contribution in [3.8, 4) is 5.75 Å². The van der Waals surface area contributed by atoms with Crippen LogP contribution in [0.15, 0.2) is 30.3 Å². The molecule has 2 N–H and O–H groups in total. The molecule has 1 fully saturated rings. The van der Waals surface area contributed by atoms with Crippen molar-refractivity contribution in [3.63, 3.8) is 0 Å². The van der Waals surface area contributed by atoms with Crippen molar-refractivity contribution in [1.82, 2.24) is 14.9 Å². The van der Waals surface area contributed by atoms with Gasteiger partial charge in [-0.2, -0.15) is 0 Å². The summed E-state index contributed by atoms with van der Waals surface area (Å²) >= 11 is 0. The first-order chi connectivity index (χ1) is 13.7. The van der Waals surface area contributed by atoms with Gasteiger partial charge in [0.25, 0.3) is 5.91 Å². The van der Waals surface area contributed by atoms with Crippen LogP contribution in [0.25, 0.3) is 0 Å². The van der Waals surface area contributed by atoms with E-state index in [1.54, 1.807) is 19.1 Å². The van der Waals surface area contributed by atoms with Crippen molar-refractivity contribution in [2.24, 2.45) is 0 Å². The monoisotopic (exact) mass is 385 g/mol. The Labute approximate surface area is 165 Å². The van der Waals surface area contributed by atoms with E-state index in [0.717, 1.165) is 39.4 Å². The summed E-state index contributed by atoms with van der Waals surface area (Å²) in [5.74, 6) is 1.52. The number of nitrogens with zero attached hydrogens (tertiary/aromatic N) is 3. The van der Waals surface area contributed by atoms with Gasteiger partial charge < -0.3 is 20.1 Å². The minimum atomic E-state index is -0.297. The van der Waals surface area contributed by atoms with E-state index in [9.17, 15) is 4.79 Å². The van der Waals surface area contributed by atoms with Crippen LogP contribution in [-0.2, 0) is 4.74 Å². The van der Waals surface area contributed by atoms with Crippen LogP contribution in [0, 0.1) is 6.92 Å². The van der Waals surface area contributed by atoms with Gasteiger partial charge >= 0.3 is 0 Å². The SMILES string of the molecule is CCOc1ccccc1NC(=O)c1cc(NCCN2CCOCC2)nc(C)n1. The zero-order valence-corrected chi connectivity index (χ0v) is 16.4. The third-order valence-electron chi connectivity index (χ3n) is 4.34. The average Bonchev–Trinajstić information content (AvgIpc) is 2.70. The van der Waals surface area contributed by atoms with Crippen molar-refractivity contribution < 1.29 is 14.3 Å². The van der Waals surface area contributed by atoms with Gasteiger partial charge in [-0.25, -0.2) is 9.97 Å². The third-order valence-corrected chi connectivity index (χ3v) is 4.34. The molecule has 1 amide bonds. The minimum Gasteiger partial charge on any atom is -0.492 e. The Morgan fingerprint density at radius 2 is 2.04 bits per heavy atom. The van der Waals surface area contributed by atoms with E-state index in [0.29, 0.717) is 35.4 Å². The third kappa shape index (κ3) is 5.64. The summed E-state index contributed by atoms with van der Waals surface area (Å²) in [6.45, 7) is 9.28. The van der Waals surface area contributed by atoms with Gasteiger partial charge in [-0.15, -0.1) is 0 Å². The molecule has 1 saturated heterocycles. The largest absolute Gasteiger partial charge is 0.492 e. The lowest BCUT2D eigenvalue weighted by Gasteiger charge is -2.26. The highest BCUT2D eigenvalue weighted by atomic mass is 16.5. The number of benzene rings is 1. The van der Waals surface area contributed by atoms with Crippen LogP contribution in [0.5, 0.6) is 5.75 Å². The van der Waals surface area contributed by atoms with E-state index in [1.165, 1.54) is 0 Å². The zero-order valence-electron chi connectivity index (χ0n) is 16.4. The second-order valence-electron chi connectivity index (χ2n) is 6.45. The fourth-order valence-corrected chi connectivity index (χ4v) is 2.98. The smallest absolute Gasteiger partial charge is 0.274 e. The summed E-state index contributed by atoms with van der Waals surface area (Å²) in [6, 6.07) is 9.01. The van der Waals surface area contributed by atoms with Gasteiger partial charge in [0.15, 0.2) is 0 Å². The van der Waals surface area contributed by atoms with E-state index in [1.807, 2.05) is 25.1 Å². The van der Waals surface area contributed by atoms with Crippen LogP contribution in [0.4, 0.5) is 11.5 Å². The number of carbonyl (C=O) groups is 1. The molecular weight excluding hydrogens is 358 g/mol. The predicted octanol–water partition coefficient (Wildman–Crippen LogP) is 2.18. The van der Waals surface area contributed by atoms with Gasteiger partial charge in [-0.05, 0) is 26.0 Å². The van der Waals surface area contributed by atoms with E-state index < -0.39 is 0 Å². The van der Waals surface area contributed by atoms with E-state index in [2.05, 4.69) is 25.5 Å². The number of carbonyl (C=O) groups excluding carboxylic acids is 1. The van der Waals surface area contributed by atoms with Crippen LogP contribution in [-0.4, -0.2) is 66.8 Å². The van der Waals surface area contributed by atoms with E-state index in [4.69, 9.17) is 9.47 Å². The van der Waals surface area contributed by atoms with Crippen molar-refractivity contribution in [2.75, 3.05) is 56.6 Å². The number of para-hydroxylation sites is 2. The molecule has 1 aromatic carbocycles. The molecule has 0 atom stereocenters. The second kappa shape index (κ2) is 10.0. The Kier molecular flexibility index (Phi) is 7.16. The fourth-order valence-electron chi connectivity index (χ4n) is 2.98. The Hall–Kier alpha value is -2.71. The lowest BCUT2D eigenvalue weighted by atomic mass is 10.2. The number of amides is 1. The lowest BCUT2D eigenvalue weighted by molar-refractivity contribution is 0.0398. The minimum absolute atomic E-state index is 0.297. The van der Waals surface area contributed by atoms with E-state index in [-0.39, 0.29) is 5.91 Å². The van der Waals surface area contributed by atoms with Crippen LogP contribution in [0.2, 0.25) is 0 Å². The quantitative estimate of drug-likeness (QED) is 0.720. The first-order valence-corrected chi connectivity index (χ1v) is 9.58. The summed E-state index contributed by atoms with van der Waals surface area (Å²) in [7, 11) is 0. The predicted molar refractivity (Wildman–Crippen MR) is 108 cm³/mol. The Bertz CT molecular complexity index is 793. The molecule has 3 rings (SSSR count). The van der Waals surface area contributed by atoms with Crippen LogP contribution in [0.3, 0.4) is 0 Å². The number of morpholine rings is 1. The maximum absolute atomic E-state index is 12.7. The number of rotatable bonds is 8. The summed E-state index contributed by atoms with van der Waals surface area (Å²) in [4.78, 5) is 23.7. The van der Waals surface area contributed by atoms with Crippen molar-refractivity contribution in [1.29, 1.82) is 0 Å². The molecule has 0 saturated carbocycles. The summed E-state index contributed by atoms with van der Waals surface area (Å²) in [5.41, 5.74) is 0.931. The Morgan fingerprint density at radius 1 is 1.25 bits per heavy atom. The highest BCUT2D eigenvalue weighted by molar-refractivity contribution is 6.04. The van der Waals surface area contributed by atoms with Crippen molar-refractivity contribution in [2.45, 2.75) is 13.8 Å². The second-order valence-corrected chi connectivity index (χ2v) is 6.45. The van der Waals surface area contributed by atoms with Crippen LogP contribution in [0.1, 0.15) is 23.2 Å². The molecule has 2 heterocycles. The average molecular weight is 385 g/mol. The van der Waals surface area contributed by atoms with E-state index >= 15 is 0 Å². The number of aryl methyl sites for hydroxylation is 1. The topological polar surface area (TPSA) is 88.6 Å². The molecule has 8 heteroatoms. The molecule has 150 valence electrons. The number of anilines is 2. The van der Waals surface area contributed by atoms with Gasteiger partial charge in [-0.1, -0.05) is 12.1 Å². The fraction of sp³-hybridized carbons (Fsp3) is 0.450. The first kappa shape index (κ1) is 20.0. The van der Waals surface area contributed by atoms with Crippen LogP contribution < -0.4 is 15.4 Å². The molecule has 0 spiro atoms. The number of hydrogen-bond acceptors (Lipinski definition) is 7. The molecular formula is C20H27N5O3. The van der Waals surface area contributed by atoms with Crippen LogP contribution >= 0.6 is 0 Å². The number of hydrogen-bond donors (Lipinski definition) is 2. The molecule has 8 nitrogen and oxygen atoms in total. The first-order valence-electron chi connectivity index (χ1n) is 9.58. The summed E-state index contributed by atoms with van der Waals surface area (Å²) in [6.07, 6.45) is 0. The summed E-state index contributed by atoms with van der Waals surface area (Å²) < 4.78 is 10.9. The molecule has 0 aliphatic carbocycles. The number of aromatic nitrogens is 2. The highest BCUT2D eigenvalue weighted by Crippen LogP contribution is 2.24. The van der Waals surface area contributed by atoms with Gasteiger partial charge in [0.05, 0.1) is 25.5 Å². The molecule has 2 aromatic rings. The molecule has 0 unspecified atom stereocenters. The molecule has 28 heavy (non-hydrogen) atoms. The van der Waals surface area contributed by atoms with Gasteiger partial charge in [0, 0.05) is 32.2 Å². The number of ether oxygens (including phenoxy) is 2. The standard InChI is InChI=1S/C20H27N5O3/c1-3-28-18-7-5-4-6-16(18)24-20(26)17-14-19(23-15(2)22-17)21-8-9-25-10-12-27-13-11-25/h4-7,14H,3,8-13H2,1-2H3,(H,24,26)(H,21,22,23). The molecule has 0 radical (unpaired) electrons.